The van der Waals surface area contributed by atoms with Crippen molar-refractivity contribution >= 4 is 38.6 Å². The number of carbonyl (C=O) groups excluding carboxylic acids is 1. The minimum Gasteiger partial charge on any atom is -0.486 e. The van der Waals surface area contributed by atoms with Gasteiger partial charge in [0.15, 0.2) is 0 Å². The number of sulfonamides is 1. The first-order chi connectivity index (χ1) is 15.3. The molecule has 1 aliphatic heterocycles. The molecule has 0 unspecified atom stereocenters. The van der Waals surface area contributed by atoms with E-state index in [0.717, 1.165) is 17.7 Å². The van der Waals surface area contributed by atoms with Crippen molar-refractivity contribution < 1.29 is 22.3 Å². The highest BCUT2D eigenvalue weighted by Gasteiger charge is 2.28. The molecule has 1 saturated heterocycles. The summed E-state index contributed by atoms with van der Waals surface area (Å²) in [6.45, 7) is 3.28. The monoisotopic (exact) mass is 495 g/mol. The van der Waals surface area contributed by atoms with E-state index >= 15 is 0 Å². The number of ether oxygens (including phenoxy) is 1. The Morgan fingerprint density at radius 3 is 2.59 bits per heavy atom. The van der Waals surface area contributed by atoms with Gasteiger partial charge in [-0.1, -0.05) is 0 Å². The number of aryl methyl sites for hydroxylation is 1. The largest absolute Gasteiger partial charge is 0.486 e. The lowest BCUT2D eigenvalue weighted by atomic mass is 10.3. The standard InChI is InChI=1S/C21H22FN3O4S3/c1-14-20(31-18(24-14)13-29-16-6-4-15(22)5-7-16)21(26)23-12-17-8-9-19(30-17)32(27,28)25-10-2-3-11-25/h4-9H,2-3,10-13H2,1H3,(H,23,26). The van der Waals surface area contributed by atoms with Gasteiger partial charge < -0.3 is 10.1 Å². The second-order valence-corrected chi connectivity index (χ2v) is 11.7. The summed E-state index contributed by atoms with van der Waals surface area (Å²) >= 11 is 2.41. The van der Waals surface area contributed by atoms with Gasteiger partial charge in [0.2, 0.25) is 0 Å². The van der Waals surface area contributed by atoms with E-state index in [1.54, 1.807) is 19.1 Å². The summed E-state index contributed by atoms with van der Waals surface area (Å²) in [7, 11) is -3.45. The van der Waals surface area contributed by atoms with E-state index in [9.17, 15) is 17.6 Å². The van der Waals surface area contributed by atoms with E-state index < -0.39 is 10.0 Å². The van der Waals surface area contributed by atoms with Crippen molar-refractivity contribution in [3.63, 3.8) is 0 Å². The number of nitrogens with one attached hydrogen (secondary N) is 1. The molecule has 0 saturated carbocycles. The maximum atomic E-state index is 13.0. The van der Waals surface area contributed by atoms with E-state index in [-0.39, 0.29) is 24.9 Å². The van der Waals surface area contributed by atoms with E-state index in [1.807, 2.05) is 0 Å². The summed E-state index contributed by atoms with van der Waals surface area (Å²) in [6, 6.07) is 9.02. The van der Waals surface area contributed by atoms with Gasteiger partial charge in [-0.3, -0.25) is 4.79 Å². The molecule has 0 atom stereocenters. The van der Waals surface area contributed by atoms with Crippen LogP contribution in [0.1, 0.15) is 38.1 Å². The molecule has 7 nitrogen and oxygen atoms in total. The molecule has 0 spiro atoms. The molecule has 3 heterocycles. The zero-order valence-corrected chi connectivity index (χ0v) is 19.8. The van der Waals surface area contributed by atoms with E-state index in [0.29, 0.717) is 38.6 Å². The van der Waals surface area contributed by atoms with Crippen LogP contribution in [0.3, 0.4) is 0 Å². The third-order valence-corrected chi connectivity index (χ3v) is 9.52. The van der Waals surface area contributed by atoms with Crippen LogP contribution < -0.4 is 10.1 Å². The Labute approximate surface area is 193 Å². The molecular formula is C21H22FN3O4S3. The van der Waals surface area contributed by atoms with Crippen molar-refractivity contribution in [3.8, 4) is 5.75 Å². The van der Waals surface area contributed by atoms with Crippen LogP contribution >= 0.6 is 22.7 Å². The normalized spacial score (nSPS) is 14.6. The van der Waals surface area contributed by atoms with Crippen molar-refractivity contribution in [2.75, 3.05) is 13.1 Å². The first-order valence-electron chi connectivity index (χ1n) is 10.0. The molecule has 1 amide bonds. The predicted molar refractivity (Wildman–Crippen MR) is 121 cm³/mol. The Balaban J connectivity index is 1.34. The lowest BCUT2D eigenvalue weighted by molar-refractivity contribution is 0.0954. The van der Waals surface area contributed by atoms with Crippen LogP contribution in [-0.2, 0) is 23.2 Å². The number of thiophene rings is 1. The number of hydrogen-bond acceptors (Lipinski definition) is 7. The molecule has 1 N–H and O–H groups in total. The summed E-state index contributed by atoms with van der Waals surface area (Å²) in [4.78, 5) is 18.2. The number of aromatic nitrogens is 1. The average molecular weight is 496 g/mol. The summed E-state index contributed by atoms with van der Waals surface area (Å²) < 4.78 is 45.7. The smallest absolute Gasteiger partial charge is 0.263 e. The highest BCUT2D eigenvalue weighted by atomic mass is 32.2. The number of amides is 1. The summed E-state index contributed by atoms with van der Waals surface area (Å²) in [5, 5.41) is 3.47. The Morgan fingerprint density at radius 1 is 1.16 bits per heavy atom. The van der Waals surface area contributed by atoms with Crippen LogP contribution in [0, 0.1) is 12.7 Å². The Kier molecular flexibility index (Phi) is 6.89. The number of thiazole rings is 1. The Hall–Kier alpha value is -2.34. The van der Waals surface area contributed by atoms with Gasteiger partial charge in [-0.25, -0.2) is 17.8 Å². The van der Waals surface area contributed by atoms with Crippen molar-refractivity contribution in [2.24, 2.45) is 0 Å². The minimum absolute atomic E-state index is 0.174. The van der Waals surface area contributed by atoms with Gasteiger partial charge in [-0.2, -0.15) is 4.31 Å². The molecular weight excluding hydrogens is 473 g/mol. The molecule has 4 rings (SSSR count). The molecule has 0 aliphatic carbocycles. The molecule has 170 valence electrons. The summed E-state index contributed by atoms with van der Waals surface area (Å²) in [6.07, 6.45) is 1.78. The number of hydrogen-bond donors (Lipinski definition) is 1. The van der Waals surface area contributed by atoms with Crippen LogP contribution in [0.25, 0.3) is 0 Å². The number of halogens is 1. The third kappa shape index (κ3) is 5.17. The second-order valence-electron chi connectivity index (χ2n) is 7.28. The van der Waals surface area contributed by atoms with Gasteiger partial charge in [0.25, 0.3) is 15.9 Å². The van der Waals surface area contributed by atoms with Crippen LogP contribution in [0.5, 0.6) is 5.75 Å². The number of rotatable bonds is 8. The van der Waals surface area contributed by atoms with Crippen LogP contribution in [-0.4, -0.2) is 36.7 Å². The van der Waals surface area contributed by atoms with Crippen LogP contribution in [0.4, 0.5) is 4.39 Å². The van der Waals surface area contributed by atoms with Crippen LogP contribution in [0.15, 0.2) is 40.6 Å². The van der Waals surface area contributed by atoms with Gasteiger partial charge in [0, 0.05) is 18.0 Å². The fraction of sp³-hybridized carbons (Fsp3) is 0.333. The molecule has 2 aromatic heterocycles. The van der Waals surface area contributed by atoms with Gasteiger partial charge in [-0.05, 0) is 56.2 Å². The molecule has 11 heteroatoms. The average Bonchev–Trinajstić information content (AvgIpc) is 3.53. The number of nitrogens with zero attached hydrogens (tertiary/aromatic N) is 2. The third-order valence-electron chi connectivity index (χ3n) is 4.94. The Morgan fingerprint density at radius 2 is 1.88 bits per heavy atom. The molecule has 3 aromatic rings. The fourth-order valence-electron chi connectivity index (χ4n) is 3.30. The highest BCUT2D eigenvalue weighted by molar-refractivity contribution is 7.91. The van der Waals surface area contributed by atoms with E-state index in [2.05, 4.69) is 10.3 Å². The SMILES string of the molecule is Cc1nc(COc2ccc(F)cc2)sc1C(=O)NCc1ccc(S(=O)(=O)N2CCCC2)s1. The van der Waals surface area contributed by atoms with Gasteiger partial charge >= 0.3 is 0 Å². The second kappa shape index (κ2) is 9.65. The molecule has 32 heavy (non-hydrogen) atoms. The molecule has 1 fully saturated rings. The predicted octanol–water partition coefficient (Wildman–Crippen LogP) is 3.95. The van der Waals surface area contributed by atoms with Crippen molar-refractivity contribution in [1.29, 1.82) is 0 Å². The number of benzene rings is 1. The quantitative estimate of drug-likeness (QED) is 0.511. The van der Waals surface area contributed by atoms with E-state index in [4.69, 9.17) is 4.74 Å². The highest BCUT2D eigenvalue weighted by Crippen LogP contribution is 2.27. The molecule has 1 aliphatic rings. The van der Waals surface area contributed by atoms with Crippen molar-refractivity contribution in [3.05, 3.63) is 62.7 Å². The van der Waals surface area contributed by atoms with Crippen LogP contribution in [0.2, 0.25) is 0 Å². The van der Waals surface area contributed by atoms with Crippen molar-refractivity contribution in [2.45, 2.75) is 37.1 Å². The maximum Gasteiger partial charge on any atom is 0.263 e. The zero-order chi connectivity index (χ0) is 22.7. The van der Waals surface area contributed by atoms with Gasteiger partial charge in [-0.15, -0.1) is 22.7 Å². The number of carbonyl (C=O) groups is 1. The molecule has 0 radical (unpaired) electrons. The minimum atomic E-state index is -3.45. The fourth-order valence-corrected chi connectivity index (χ4v) is 7.16. The molecule has 0 bridgehead atoms. The molecule has 1 aromatic carbocycles. The zero-order valence-electron chi connectivity index (χ0n) is 17.3. The van der Waals surface area contributed by atoms with Gasteiger partial charge in [0.1, 0.15) is 32.3 Å². The van der Waals surface area contributed by atoms with Crippen molar-refractivity contribution in [1.82, 2.24) is 14.6 Å². The van der Waals surface area contributed by atoms with Gasteiger partial charge in [0.05, 0.1) is 12.2 Å². The summed E-state index contributed by atoms with van der Waals surface area (Å²) in [5.74, 6) is -0.0964. The maximum absolute atomic E-state index is 13.0. The first kappa shape index (κ1) is 22.8. The summed E-state index contributed by atoms with van der Waals surface area (Å²) in [5.41, 5.74) is 0.591. The lowest BCUT2D eigenvalue weighted by Gasteiger charge is -2.13. The lowest BCUT2D eigenvalue weighted by Crippen LogP contribution is -2.27. The van der Waals surface area contributed by atoms with E-state index in [1.165, 1.54) is 51.2 Å². The Bertz CT molecular complexity index is 1200. The topological polar surface area (TPSA) is 88.6 Å². The first-order valence-corrected chi connectivity index (χ1v) is 13.1.